The van der Waals surface area contributed by atoms with Crippen molar-refractivity contribution in [3.63, 3.8) is 0 Å². The van der Waals surface area contributed by atoms with Crippen molar-refractivity contribution in [1.82, 2.24) is 24.0 Å². The SMILES string of the molecule is COc1ccc(CN(c2ncns2)S(=O)(=O)c2cc(F)c(Oc3ccc(Cl)cc3-c3ccnn3C3CN(C(=O)OC(C)(C)C)C3)cc2F)c(OC)c1. The van der Waals surface area contributed by atoms with E-state index in [2.05, 4.69) is 14.5 Å². The van der Waals surface area contributed by atoms with Gasteiger partial charge in [-0.3, -0.25) is 4.68 Å². The zero-order chi connectivity index (χ0) is 37.4. The van der Waals surface area contributed by atoms with Gasteiger partial charge in [0, 0.05) is 65.2 Å². The third kappa shape index (κ3) is 7.61. The van der Waals surface area contributed by atoms with Gasteiger partial charge in [-0.2, -0.15) is 9.47 Å². The molecule has 1 fully saturated rings. The first-order valence-electron chi connectivity index (χ1n) is 15.7. The normalized spacial score (nSPS) is 13.4. The van der Waals surface area contributed by atoms with E-state index < -0.39 is 44.0 Å². The lowest BCUT2D eigenvalue weighted by molar-refractivity contribution is -0.000191. The zero-order valence-corrected chi connectivity index (χ0v) is 30.9. The van der Waals surface area contributed by atoms with Crippen molar-refractivity contribution < 1.29 is 40.9 Å². The van der Waals surface area contributed by atoms with Gasteiger partial charge < -0.3 is 23.8 Å². The Bertz CT molecular complexity index is 2210. The number of halogens is 3. The number of carbonyl (C=O) groups is 1. The van der Waals surface area contributed by atoms with Gasteiger partial charge in [0.25, 0.3) is 10.0 Å². The average molecular weight is 775 g/mol. The fourth-order valence-corrected chi connectivity index (χ4v) is 7.75. The Morgan fingerprint density at radius 1 is 1.00 bits per heavy atom. The summed E-state index contributed by atoms with van der Waals surface area (Å²) in [5.41, 5.74) is 0.685. The van der Waals surface area contributed by atoms with Crippen LogP contribution >= 0.6 is 23.1 Å². The number of hydrogen-bond donors (Lipinski definition) is 0. The number of sulfonamides is 1. The fraction of sp³-hybridized carbons (Fsp3) is 0.294. The zero-order valence-electron chi connectivity index (χ0n) is 28.5. The largest absolute Gasteiger partial charge is 0.497 e. The van der Waals surface area contributed by atoms with Gasteiger partial charge >= 0.3 is 6.09 Å². The highest BCUT2D eigenvalue weighted by atomic mass is 35.5. The second-order valence-electron chi connectivity index (χ2n) is 12.6. The number of aromatic nitrogens is 4. The lowest BCUT2D eigenvalue weighted by atomic mass is 10.1. The molecule has 0 aliphatic carbocycles. The van der Waals surface area contributed by atoms with Gasteiger partial charge in [-0.25, -0.2) is 31.3 Å². The maximum absolute atomic E-state index is 15.9. The predicted molar refractivity (Wildman–Crippen MR) is 189 cm³/mol. The van der Waals surface area contributed by atoms with Crippen LogP contribution in [0.3, 0.4) is 0 Å². The molecule has 3 heterocycles. The van der Waals surface area contributed by atoms with Crippen molar-refractivity contribution in [3.05, 3.63) is 89.3 Å². The Morgan fingerprint density at radius 3 is 2.44 bits per heavy atom. The average Bonchev–Trinajstić information content (AvgIpc) is 3.77. The van der Waals surface area contributed by atoms with E-state index in [4.69, 9.17) is 30.5 Å². The number of benzene rings is 3. The summed E-state index contributed by atoms with van der Waals surface area (Å²) in [5.74, 6) is -2.14. The first kappa shape index (κ1) is 36.8. The summed E-state index contributed by atoms with van der Waals surface area (Å²) in [5, 5.41) is 4.68. The molecule has 18 heteroatoms. The first-order chi connectivity index (χ1) is 24.7. The molecule has 0 saturated carbocycles. The Balaban J connectivity index is 1.29. The number of methoxy groups -OCH3 is 2. The highest BCUT2D eigenvalue weighted by molar-refractivity contribution is 7.93. The molecule has 1 aliphatic heterocycles. The third-order valence-electron chi connectivity index (χ3n) is 7.89. The summed E-state index contributed by atoms with van der Waals surface area (Å²) in [6, 6.07) is 12.0. The van der Waals surface area contributed by atoms with Crippen LogP contribution in [0.2, 0.25) is 5.02 Å². The standard InChI is InChI=1S/C34H33ClF2N6O7S2/c1-34(2,3)50-33(44)41-17-22(18-41)43-27(10-11-39-43)24-12-21(35)7-9-28(24)49-30-14-26(37)31(15-25(30)36)52(45,46)42(32-38-19-40-51-32)16-20-6-8-23(47-4)13-29(20)48-5/h6-15,19,22H,16-18H2,1-5H3. The molecule has 1 aliphatic rings. The number of hydrogen-bond acceptors (Lipinski definition) is 11. The number of nitrogens with zero attached hydrogens (tertiary/aromatic N) is 6. The second-order valence-corrected chi connectivity index (χ2v) is 15.6. The molecule has 52 heavy (non-hydrogen) atoms. The van der Waals surface area contributed by atoms with Crippen LogP contribution < -0.4 is 18.5 Å². The number of likely N-dealkylation sites (tertiary alicyclic amines) is 1. The highest BCUT2D eigenvalue weighted by Gasteiger charge is 2.37. The topological polar surface area (TPSA) is 138 Å². The van der Waals surface area contributed by atoms with Crippen LogP contribution in [0.15, 0.2) is 72.0 Å². The lowest BCUT2D eigenvalue weighted by Crippen LogP contribution is -2.52. The van der Waals surface area contributed by atoms with Crippen LogP contribution in [0.4, 0.5) is 18.7 Å². The van der Waals surface area contributed by atoms with E-state index in [9.17, 15) is 13.2 Å². The van der Waals surface area contributed by atoms with E-state index in [0.29, 0.717) is 58.6 Å². The van der Waals surface area contributed by atoms with E-state index in [1.807, 2.05) is 0 Å². The molecule has 274 valence electrons. The number of rotatable bonds is 11. The number of ether oxygens (including phenoxy) is 4. The molecule has 0 radical (unpaired) electrons. The molecule has 1 amide bonds. The molecule has 0 spiro atoms. The van der Waals surface area contributed by atoms with E-state index >= 15 is 8.78 Å². The predicted octanol–water partition coefficient (Wildman–Crippen LogP) is 7.33. The number of amides is 1. The lowest BCUT2D eigenvalue weighted by Gasteiger charge is -2.40. The van der Waals surface area contributed by atoms with Crippen molar-refractivity contribution >= 4 is 44.4 Å². The summed E-state index contributed by atoms with van der Waals surface area (Å²) in [7, 11) is -1.89. The Kier molecular flexibility index (Phi) is 10.3. The van der Waals surface area contributed by atoms with Crippen LogP contribution in [0.1, 0.15) is 32.4 Å². The van der Waals surface area contributed by atoms with Gasteiger partial charge in [0.1, 0.15) is 39.9 Å². The summed E-state index contributed by atoms with van der Waals surface area (Å²) < 4.78 is 88.1. The van der Waals surface area contributed by atoms with E-state index in [-0.39, 0.29) is 23.5 Å². The summed E-state index contributed by atoms with van der Waals surface area (Å²) in [6.07, 6.45) is 2.26. The summed E-state index contributed by atoms with van der Waals surface area (Å²) in [4.78, 5) is 17.1. The second kappa shape index (κ2) is 14.6. The van der Waals surface area contributed by atoms with Gasteiger partial charge in [-0.05, 0) is 57.2 Å². The van der Waals surface area contributed by atoms with E-state index in [0.717, 1.165) is 22.2 Å². The molecular formula is C34H33ClF2N6O7S2. The molecule has 0 unspecified atom stereocenters. The Hall–Kier alpha value is -5.00. The maximum Gasteiger partial charge on any atom is 0.410 e. The smallest absolute Gasteiger partial charge is 0.410 e. The van der Waals surface area contributed by atoms with Gasteiger partial charge in [0.2, 0.25) is 5.13 Å². The maximum atomic E-state index is 15.9. The minimum absolute atomic E-state index is 0.0823. The minimum Gasteiger partial charge on any atom is -0.497 e. The number of anilines is 1. The quantitative estimate of drug-likeness (QED) is 0.134. The van der Waals surface area contributed by atoms with E-state index in [1.165, 1.54) is 26.4 Å². The van der Waals surface area contributed by atoms with Gasteiger partial charge in [0.05, 0.1) is 32.5 Å². The molecule has 1 saturated heterocycles. The first-order valence-corrected chi connectivity index (χ1v) is 18.3. The minimum atomic E-state index is -4.77. The molecule has 0 bridgehead atoms. The monoisotopic (exact) mass is 774 g/mol. The van der Waals surface area contributed by atoms with Crippen LogP contribution in [-0.4, -0.2) is 71.5 Å². The van der Waals surface area contributed by atoms with Gasteiger partial charge in [-0.1, -0.05) is 11.6 Å². The number of carbonyl (C=O) groups excluding carboxylic acids is 1. The van der Waals surface area contributed by atoms with E-state index in [1.54, 1.807) is 66.9 Å². The van der Waals surface area contributed by atoms with Crippen molar-refractivity contribution in [2.75, 3.05) is 31.6 Å². The summed E-state index contributed by atoms with van der Waals surface area (Å²) in [6.45, 7) is 5.66. The van der Waals surface area contributed by atoms with Crippen LogP contribution in [0.25, 0.3) is 11.3 Å². The van der Waals surface area contributed by atoms with Crippen LogP contribution in [0.5, 0.6) is 23.0 Å². The van der Waals surface area contributed by atoms with Crippen molar-refractivity contribution in [2.24, 2.45) is 0 Å². The molecule has 0 N–H and O–H groups in total. The molecule has 5 aromatic rings. The molecule has 13 nitrogen and oxygen atoms in total. The molecule has 3 aromatic carbocycles. The molecule has 6 rings (SSSR count). The van der Waals surface area contributed by atoms with Gasteiger partial charge in [0.15, 0.2) is 11.6 Å². The van der Waals surface area contributed by atoms with Crippen LogP contribution in [0, 0.1) is 11.6 Å². The van der Waals surface area contributed by atoms with Crippen molar-refractivity contribution in [1.29, 1.82) is 0 Å². The molecular weight excluding hydrogens is 742 g/mol. The van der Waals surface area contributed by atoms with Crippen molar-refractivity contribution in [3.8, 4) is 34.3 Å². The summed E-state index contributed by atoms with van der Waals surface area (Å²) >= 11 is 7.11. The van der Waals surface area contributed by atoms with Gasteiger partial charge in [-0.15, -0.1) is 0 Å². The third-order valence-corrected chi connectivity index (χ3v) is 10.7. The fourth-order valence-electron chi connectivity index (χ4n) is 5.39. The van der Waals surface area contributed by atoms with Crippen molar-refractivity contribution in [2.45, 2.75) is 43.9 Å². The Morgan fingerprint density at radius 2 is 1.77 bits per heavy atom. The Labute approximate surface area is 307 Å². The van der Waals surface area contributed by atoms with Crippen LogP contribution in [-0.2, 0) is 21.3 Å². The highest BCUT2D eigenvalue weighted by Crippen LogP contribution is 2.40. The molecule has 0 atom stereocenters. The molecule has 2 aromatic heterocycles.